The van der Waals surface area contributed by atoms with E-state index >= 15 is 0 Å². The van der Waals surface area contributed by atoms with Crippen molar-refractivity contribution >= 4 is 6.08 Å². The Hall–Kier alpha value is -1.16. The van der Waals surface area contributed by atoms with Crippen molar-refractivity contribution in [2.75, 3.05) is 19.8 Å². The smallest absolute Gasteiger partial charge is 0.157 e. The van der Waals surface area contributed by atoms with E-state index < -0.39 is 0 Å². The summed E-state index contributed by atoms with van der Waals surface area (Å²) in [6.07, 6.45) is 11.5. The number of benzene rings is 1. The van der Waals surface area contributed by atoms with Gasteiger partial charge in [0.05, 0.1) is 6.61 Å². The first-order valence-corrected chi connectivity index (χ1v) is 8.48. The number of rotatable bonds is 9. The summed E-state index contributed by atoms with van der Waals surface area (Å²) < 4.78 is 11.3. The first kappa shape index (κ1) is 17.2. The lowest BCUT2D eigenvalue weighted by Crippen LogP contribution is -2.22. The molecule has 1 fully saturated rings. The SMILES string of the molecule is OCCC/C=C/c1cccc(CCCOC2CCCCO2)c1. The van der Waals surface area contributed by atoms with E-state index in [1.54, 1.807) is 0 Å². The van der Waals surface area contributed by atoms with Crippen LogP contribution in [0.1, 0.15) is 49.7 Å². The third-order valence-corrected chi connectivity index (χ3v) is 3.84. The third kappa shape index (κ3) is 6.73. The van der Waals surface area contributed by atoms with Gasteiger partial charge in [-0.2, -0.15) is 0 Å². The van der Waals surface area contributed by atoms with E-state index in [0.29, 0.717) is 0 Å². The van der Waals surface area contributed by atoms with E-state index in [4.69, 9.17) is 14.6 Å². The standard InChI is InChI=1S/C19H28O3/c20-13-4-1-2-8-17-9-6-10-18(16-17)11-7-15-22-19-12-3-5-14-21-19/h2,6,8-10,16,19-20H,1,3-5,7,11-15H2/b8-2+. The van der Waals surface area contributed by atoms with Crippen LogP contribution >= 0.6 is 0 Å². The van der Waals surface area contributed by atoms with Crippen LogP contribution in [0.3, 0.4) is 0 Å². The topological polar surface area (TPSA) is 38.7 Å². The summed E-state index contributed by atoms with van der Waals surface area (Å²) in [6.45, 7) is 1.87. The van der Waals surface area contributed by atoms with Gasteiger partial charge in [-0.05, 0) is 56.1 Å². The molecule has 1 N–H and O–H groups in total. The van der Waals surface area contributed by atoms with Gasteiger partial charge in [-0.25, -0.2) is 0 Å². The summed E-state index contributed by atoms with van der Waals surface area (Å²) in [5.41, 5.74) is 2.57. The van der Waals surface area contributed by atoms with Crippen LogP contribution in [0.4, 0.5) is 0 Å². The Balaban J connectivity index is 1.67. The minimum Gasteiger partial charge on any atom is -0.396 e. The van der Waals surface area contributed by atoms with E-state index in [2.05, 4.69) is 36.4 Å². The highest BCUT2D eigenvalue weighted by atomic mass is 16.7. The third-order valence-electron chi connectivity index (χ3n) is 3.84. The molecule has 0 bridgehead atoms. The number of allylic oxidation sites excluding steroid dienone is 1. The van der Waals surface area contributed by atoms with Crippen LogP contribution in [0.2, 0.25) is 0 Å². The molecule has 0 aromatic heterocycles. The van der Waals surface area contributed by atoms with Crippen molar-refractivity contribution in [3.8, 4) is 0 Å². The molecule has 1 unspecified atom stereocenters. The van der Waals surface area contributed by atoms with Gasteiger partial charge in [-0.3, -0.25) is 0 Å². The number of aliphatic hydroxyl groups excluding tert-OH is 1. The van der Waals surface area contributed by atoms with E-state index in [-0.39, 0.29) is 12.9 Å². The molecule has 3 nitrogen and oxygen atoms in total. The maximum absolute atomic E-state index is 8.77. The number of aliphatic hydroxyl groups is 1. The van der Waals surface area contributed by atoms with E-state index in [9.17, 15) is 0 Å². The molecule has 22 heavy (non-hydrogen) atoms. The normalized spacial score (nSPS) is 18.9. The van der Waals surface area contributed by atoms with Crippen molar-refractivity contribution < 1.29 is 14.6 Å². The Labute approximate surface area is 134 Å². The maximum atomic E-state index is 8.77. The molecule has 2 rings (SSSR count). The zero-order chi connectivity index (χ0) is 15.5. The quantitative estimate of drug-likeness (QED) is 0.702. The monoisotopic (exact) mass is 304 g/mol. The minimum absolute atomic E-state index is 0.0227. The van der Waals surface area contributed by atoms with Gasteiger partial charge in [-0.1, -0.05) is 36.4 Å². The van der Waals surface area contributed by atoms with Crippen LogP contribution in [0.5, 0.6) is 0 Å². The highest BCUT2D eigenvalue weighted by molar-refractivity contribution is 5.50. The average molecular weight is 304 g/mol. The fraction of sp³-hybridized carbons (Fsp3) is 0.579. The van der Waals surface area contributed by atoms with Crippen molar-refractivity contribution in [2.45, 2.75) is 51.2 Å². The molecule has 1 aliphatic heterocycles. The second kappa shape index (κ2) is 10.5. The van der Waals surface area contributed by atoms with Crippen molar-refractivity contribution in [3.05, 3.63) is 41.5 Å². The van der Waals surface area contributed by atoms with Crippen LogP contribution in [-0.4, -0.2) is 31.2 Å². The Morgan fingerprint density at radius 1 is 1.27 bits per heavy atom. The lowest BCUT2D eigenvalue weighted by atomic mass is 10.1. The molecule has 1 aliphatic rings. The summed E-state index contributed by atoms with van der Waals surface area (Å²) in [5, 5.41) is 8.77. The van der Waals surface area contributed by atoms with Gasteiger partial charge in [0, 0.05) is 13.2 Å². The molecule has 3 heteroatoms. The molecule has 1 heterocycles. The number of hydrogen-bond donors (Lipinski definition) is 1. The van der Waals surface area contributed by atoms with Gasteiger partial charge in [0.25, 0.3) is 0 Å². The second-order valence-electron chi connectivity index (χ2n) is 5.78. The molecule has 1 saturated heterocycles. The predicted octanol–water partition coefficient (Wildman–Crippen LogP) is 3.95. The maximum Gasteiger partial charge on any atom is 0.157 e. The Bertz CT molecular complexity index is 436. The Morgan fingerprint density at radius 3 is 3.05 bits per heavy atom. The summed E-state index contributed by atoms with van der Waals surface area (Å²) in [7, 11) is 0. The van der Waals surface area contributed by atoms with E-state index in [1.165, 1.54) is 24.0 Å². The van der Waals surface area contributed by atoms with Crippen LogP contribution in [0.25, 0.3) is 6.08 Å². The lowest BCUT2D eigenvalue weighted by Gasteiger charge is -2.22. The number of hydrogen-bond acceptors (Lipinski definition) is 3. The molecule has 122 valence electrons. The molecule has 1 atom stereocenters. The highest BCUT2D eigenvalue weighted by Gasteiger charge is 2.13. The molecular formula is C19H28O3. The lowest BCUT2D eigenvalue weighted by molar-refractivity contribution is -0.162. The Morgan fingerprint density at radius 2 is 2.23 bits per heavy atom. The van der Waals surface area contributed by atoms with Crippen LogP contribution in [0.15, 0.2) is 30.3 Å². The minimum atomic E-state index is 0.0227. The van der Waals surface area contributed by atoms with Crippen molar-refractivity contribution in [1.29, 1.82) is 0 Å². The molecule has 1 aromatic rings. The summed E-state index contributed by atoms with van der Waals surface area (Å²) in [6, 6.07) is 8.62. The molecule has 0 radical (unpaired) electrons. The summed E-state index contributed by atoms with van der Waals surface area (Å²) >= 11 is 0. The van der Waals surface area contributed by atoms with Gasteiger partial charge in [0.2, 0.25) is 0 Å². The molecule has 0 aliphatic carbocycles. The first-order valence-electron chi connectivity index (χ1n) is 8.48. The highest BCUT2D eigenvalue weighted by Crippen LogP contribution is 2.15. The van der Waals surface area contributed by atoms with Crippen molar-refractivity contribution in [1.82, 2.24) is 0 Å². The van der Waals surface area contributed by atoms with Crippen molar-refractivity contribution in [2.24, 2.45) is 0 Å². The van der Waals surface area contributed by atoms with E-state index in [1.807, 2.05) is 0 Å². The molecule has 1 aromatic carbocycles. The van der Waals surface area contributed by atoms with Crippen LogP contribution in [0, 0.1) is 0 Å². The predicted molar refractivity (Wildman–Crippen MR) is 89.7 cm³/mol. The first-order chi connectivity index (χ1) is 10.9. The van der Waals surface area contributed by atoms with Gasteiger partial charge in [-0.15, -0.1) is 0 Å². The van der Waals surface area contributed by atoms with Gasteiger partial charge < -0.3 is 14.6 Å². The van der Waals surface area contributed by atoms with Crippen LogP contribution in [-0.2, 0) is 15.9 Å². The summed E-state index contributed by atoms with van der Waals surface area (Å²) in [5.74, 6) is 0. The second-order valence-corrected chi connectivity index (χ2v) is 5.78. The zero-order valence-corrected chi connectivity index (χ0v) is 13.4. The molecular weight excluding hydrogens is 276 g/mol. The van der Waals surface area contributed by atoms with Gasteiger partial charge >= 0.3 is 0 Å². The number of aryl methyl sites for hydroxylation is 1. The largest absolute Gasteiger partial charge is 0.396 e. The van der Waals surface area contributed by atoms with E-state index in [0.717, 1.165) is 45.3 Å². The molecule has 0 spiro atoms. The van der Waals surface area contributed by atoms with Crippen molar-refractivity contribution in [3.63, 3.8) is 0 Å². The number of unbranched alkanes of at least 4 members (excludes halogenated alkanes) is 1. The fourth-order valence-corrected chi connectivity index (χ4v) is 2.61. The average Bonchev–Trinajstić information content (AvgIpc) is 2.57. The van der Waals surface area contributed by atoms with Crippen LogP contribution < -0.4 is 0 Å². The molecule has 0 amide bonds. The Kier molecular flexibility index (Phi) is 8.24. The van der Waals surface area contributed by atoms with Gasteiger partial charge in [0.15, 0.2) is 6.29 Å². The number of ether oxygens (including phenoxy) is 2. The fourth-order valence-electron chi connectivity index (χ4n) is 2.61. The zero-order valence-electron chi connectivity index (χ0n) is 13.4. The molecule has 0 saturated carbocycles. The summed E-state index contributed by atoms with van der Waals surface area (Å²) in [4.78, 5) is 0. The van der Waals surface area contributed by atoms with Gasteiger partial charge in [0.1, 0.15) is 0 Å².